The highest BCUT2D eigenvalue weighted by Crippen LogP contribution is 2.30. The summed E-state index contributed by atoms with van der Waals surface area (Å²) >= 11 is 7.49. The van der Waals surface area contributed by atoms with E-state index in [2.05, 4.69) is 10.4 Å². The predicted molar refractivity (Wildman–Crippen MR) is 78.6 cm³/mol. The summed E-state index contributed by atoms with van der Waals surface area (Å²) in [4.78, 5) is 12.9. The van der Waals surface area contributed by atoms with E-state index >= 15 is 0 Å². The Bertz CT molecular complexity index is 585. The zero-order chi connectivity index (χ0) is 13.8. The topological polar surface area (TPSA) is 46.9 Å². The Kier molecular flexibility index (Phi) is 4.50. The second kappa shape index (κ2) is 6.12. The van der Waals surface area contributed by atoms with E-state index in [-0.39, 0.29) is 11.2 Å². The van der Waals surface area contributed by atoms with Crippen LogP contribution in [0.25, 0.3) is 0 Å². The molecule has 6 heteroatoms. The number of carbonyl (C=O) groups excluding carboxylic acids is 1. The number of carbonyl (C=O) groups is 1. The van der Waals surface area contributed by atoms with Crippen molar-refractivity contribution in [2.45, 2.75) is 17.1 Å². The Morgan fingerprint density at radius 3 is 2.79 bits per heavy atom. The van der Waals surface area contributed by atoms with E-state index in [9.17, 15) is 4.79 Å². The summed E-state index contributed by atoms with van der Waals surface area (Å²) in [6.45, 7) is 1.84. The fourth-order valence-electron chi connectivity index (χ4n) is 1.49. The Morgan fingerprint density at radius 2 is 2.16 bits per heavy atom. The predicted octanol–water partition coefficient (Wildman–Crippen LogP) is 3.19. The molecule has 0 bridgehead atoms. The Balaban J connectivity index is 1.98. The minimum absolute atomic E-state index is 0.0939. The molecule has 0 aliphatic carbocycles. The molecule has 100 valence electrons. The van der Waals surface area contributed by atoms with Crippen molar-refractivity contribution in [3.05, 3.63) is 41.6 Å². The summed E-state index contributed by atoms with van der Waals surface area (Å²) in [5.74, 6) is 0.461. The molecule has 19 heavy (non-hydrogen) atoms. The Morgan fingerprint density at radius 1 is 1.42 bits per heavy atom. The number of benzene rings is 1. The number of hydrogen-bond acceptors (Lipinski definition) is 3. The van der Waals surface area contributed by atoms with Gasteiger partial charge in [-0.25, -0.2) is 0 Å². The highest BCUT2D eigenvalue weighted by molar-refractivity contribution is 8.00. The van der Waals surface area contributed by atoms with Crippen LogP contribution in [0.15, 0.2) is 41.4 Å². The lowest BCUT2D eigenvalue weighted by Gasteiger charge is -2.11. The summed E-state index contributed by atoms with van der Waals surface area (Å²) in [7, 11) is 1.80. The third kappa shape index (κ3) is 3.75. The molecule has 2 aromatic rings. The van der Waals surface area contributed by atoms with Gasteiger partial charge in [-0.2, -0.15) is 5.10 Å². The van der Waals surface area contributed by atoms with Gasteiger partial charge in [-0.1, -0.05) is 23.7 Å². The molecular formula is C13H14ClN3OS. The van der Waals surface area contributed by atoms with Crippen LogP contribution in [0.3, 0.4) is 0 Å². The smallest absolute Gasteiger partial charge is 0.238 e. The van der Waals surface area contributed by atoms with Gasteiger partial charge in [0.25, 0.3) is 0 Å². The molecule has 0 fully saturated rings. The third-order valence-electron chi connectivity index (χ3n) is 2.47. The number of aryl methyl sites for hydroxylation is 1. The van der Waals surface area contributed by atoms with Crippen molar-refractivity contribution < 1.29 is 4.79 Å². The van der Waals surface area contributed by atoms with E-state index in [1.807, 2.05) is 31.2 Å². The van der Waals surface area contributed by atoms with Crippen molar-refractivity contribution >= 4 is 35.1 Å². The summed E-state index contributed by atoms with van der Waals surface area (Å²) in [6, 6.07) is 9.23. The monoisotopic (exact) mass is 295 g/mol. The van der Waals surface area contributed by atoms with Crippen LogP contribution in [0, 0.1) is 0 Å². The second-order valence-corrected chi connectivity index (χ2v) is 5.84. The fraction of sp³-hybridized carbons (Fsp3) is 0.231. The van der Waals surface area contributed by atoms with Crippen molar-refractivity contribution in [1.29, 1.82) is 0 Å². The van der Waals surface area contributed by atoms with E-state index in [0.717, 1.165) is 4.90 Å². The fourth-order valence-corrected chi connectivity index (χ4v) is 2.65. The Hall–Kier alpha value is -1.46. The minimum atomic E-state index is -0.248. The number of halogens is 1. The van der Waals surface area contributed by atoms with Crippen molar-refractivity contribution in [2.75, 3.05) is 5.32 Å². The van der Waals surface area contributed by atoms with Crippen LogP contribution in [0.1, 0.15) is 6.92 Å². The lowest BCUT2D eigenvalue weighted by Crippen LogP contribution is -2.22. The van der Waals surface area contributed by atoms with Crippen molar-refractivity contribution in [3.63, 3.8) is 0 Å². The van der Waals surface area contributed by atoms with Crippen LogP contribution in [-0.2, 0) is 11.8 Å². The van der Waals surface area contributed by atoms with Crippen LogP contribution < -0.4 is 5.32 Å². The van der Waals surface area contributed by atoms with Crippen LogP contribution in [0.2, 0.25) is 5.02 Å². The molecule has 1 N–H and O–H groups in total. The molecule has 1 aromatic heterocycles. The van der Waals surface area contributed by atoms with E-state index in [1.165, 1.54) is 11.8 Å². The first-order chi connectivity index (χ1) is 9.06. The lowest BCUT2D eigenvalue weighted by atomic mass is 10.4. The van der Waals surface area contributed by atoms with E-state index < -0.39 is 0 Å². The molecule has 0 aliphatic heterocycles. The number of rotatable bonds is 4. The SMILES string of the molecule is CC(Sc1ccccc1Cl)C(=O)Nc1ccn(C)n1. The maximum atomic E-state index is 12.0. The van der Waals surface area contributed by atoms with Gasteiger partial charge in [0.1, 0.15) is 0 Å². The molecule has 2 rings (SSSR count). The van der Waals surface area contributed by atoms with Crippen LogP contribution in [0.5, 0.6) is 0 Å². The largest absolute Gasteiger partial charge is 0.308 e. The molecule has 1 heterocycles. The van der Waals surface area contributed by atoms with Crippen molar-refractivity contribution in [2.24, 2.45) is 7.05 Å². The van der Waals surface area contributed by atoms with Crippen molar-refractivity contribution in [3.8, 4) is 0 Å². The van der Waals surface area contributed by atoms with Gasteiger partial charge >= 0.3 is 0 Å². The van der Waals surface area contributed by atoms with E-state index in [1.54, 1.807) is 24.0 Å². The van der Waals surface area contributed by atoms with E-state index in [4.69, 9.17) is 11.6 Å². The van der Waals surface area contributed by atoms with Gasteiger partial charge in [0.05, 0.1) is 10.3 Å². The number of nitrogens with zero attached hydrogens (tertiary/aromatic N) is 2. The number of amides is 1. The zero-order valence-electron chi connectivity index (χ0n) is 10.6. The summed E-state index contributed by atoms with van der Waals surface area (Å²) < 4.78 is 1.64. The highest BCUT2D eigenvalue weighted by Gasteiger charge is 2.16. The van der Waals surface area contributed by atoms with Crippen LogP contribution in [-0.4, -0.2) is 20.9 Å². The first kappa shape index (κ1) is 14.0. The molecule has 0 aliphatic rings. The number of nitrogens with one attached hydrogen (secondary N) is 1. The zero-order valence-corrected chi connectivity index (χ0v) is 12.2. The van der Waals surface area contributed by atoms with Gasteiger partial charge in [0.2, 0.25) is 5.91 Å². The van der Waals surface area contributed by atoms with Gasteiger partial charge < -0.3 is 5.32 Å². The van der Waals surface area contributed by atoms with Gasteiger partial charge in [0, 0.05) is 24.2 Å². The molecule has 1 unspecified atom stereocenters. The average molecular weight is 296 g/mol. The number of anilines is 1. The number of thioether (sulfide) groups is 1. The maximum Gasteiger partial charge on any atom is 0.238 e. The Labute approximate surface area is 121 Å². The summed E-state index contributed by atoms with van der Waals surface area (Å²) in [6.07, 6.45) is 1.78. The van der Waals surface area contributed by atoms with Gasteiger partial charge in [-0.05, 0) is 19.1 Å². The second-order valence-electron chi connectivity index (χ2n) is 4.05. The molecule has 0 saturated carbocycles. The quantitative estimate of drug-likeness (QED) is 0.881. The van der Waals surface area contributed by atoms with Crippen LogP contribution >= 0.6 is 23.4 Å². The molecule has 4 nitrogen and oxygen atoms in total. The number of aromatic nitrogens is 2. The average Bonchev–Trinajstić information content (AvgIpc) is 2.77. The maximum absolute atomic E-state index is 12.0. The highest BCUT2D eigenvalue weighted by atomic mass is 35.5. The normalized spacial score (nSPS) is 12.2. The van der Waals surface area contributed by atoms with Crippen molar-refractivity contribution in [1.82, 2.24) is 9.78 Å². The molecule has 1 amide bonds. The van der Waals surface area contributed by atoms with Gasteiger partial charge in [-0.15, -0.1) is 11.8 Å². The summed E-state index contributed by atoms with van der Waals surface area (Å²) in [5, 5.41) is 7.28. The minimum Gasteiger partial charge on any atom is -0.308 e. The standard InChI is InChI=1S/C13H14ClN3OS/c1-9(19-11-6-4-3-5-10(11)14)13(18)15-12-7-8-17(2)16-12/h3-9H,1-2H3,(H,15,16,18). The third-order valence-corrected chi connectivity index (χ3v) is 4.09. The molecular weight excluding hydrogens is 282 g/mol. The first-order valence-electron chi connectivity index (χ1n) is 5.78. The summed E-state index contributed by atoms with van der Waals surface area (Å²) in [5.41, 5.74) is 0. The number of hydrogen-bond donors (Lipinski definition) is 1. The molecule has 1 atom stereocenters. The van der Waals surface area contributed by atoms with E-state index in [0.29, 0.717) is 10.8 Å². The van der Waals surface area contributed by atoms with Crippen LogP contribution in [0.4, 0.5) is 5.82 Å². The molecule has 0 saturated heterocycles. The lowest BCUT2D eigenvalue weighted by molar-refractivity contribution is -0.115. The first-order valence-corrected chi connectivity index (χ1v) is 7.03. The molecule has 1 aromatic carbocycles. The molecule has 0 radical (unpaired) electrons. The molecule has 0 spiro atoms. The van der Waals surface area contributed by atoms with Gasteiger partial charge in [-0.3, -0.25) is 9.48 Å². The van der Waals surface area contributed by atoms with Gasteiger partial charge in [0.15, 0.2) is 5.82 Å².